The molecule has 0 saturated carbocycles. The van der Waals surface area contributed by atoms with Crippen LogP contribution in [0.5, 0.6) is 11.5 Å². The van der Waals surface area contributed by atoms with E-state index in [1.54, 1.807) is 6.92 Å². The molecule has 2 aromatic rings. The third-order valence-electron chi connectivity index (χ3n) is 3.95. The van der Waals surface area contributed by atoms with Crippen LogP contribution in [0.1, 0.15) is 23.8 Å². The summed E-state index contributed by atoms with van der Waals surface area (Å²) in [5.41, 5.74) is -0.767. The minimum atomic E-state index is -0.973. The smallest absolute Gasteiger partial charge is 0.347 e. The lowest BCUT2D eigenvalue weighted by atomic mass is 9.97. The maximum absolute atomic E-state index is 12.1. The van der Waals surface area contributed by atoms with Crippen LogP contribution in [0.25, 0.3) is 10.8 Å². The highest BCUT2D eigenvalue weighted by Crippen LogP contribution is 2.41. The third-order valence-corrected chi connectivity index (χ3v) is 3.95. The normalized spacial score (nSPS) is 13.6. The molecule has 8 heteroatoms. The highest BCUT2D eigenvalue weighted by Gasteiger charge is 2.29. The van der Waals surface area contributed by atoms with Gasteiger partial charge in [0.1, 0.15) is 22.6 Å². The summed E-state index contributed by atoms with van der Waals surface area (Å²) in [6.07, 6.45) is -1.93. The molecule has 1 aromatic heterocycles. The number of hydrogen-bond acceptors (Lipinski definition) is 8. The summed E-state index contributed by atoms with van der Waals surface area (Å²) in [5, 5.41) is 21.1. The van der Waals surface area contributed by atoms with Crippen molar-refractivity contribution in [2.45, 2.75) is 25.6 Å². The van der Waals surface area contributed by atoms with Gasteiger partial charge in [0.05, 0.1) is 18.8 Å². The van der Waals surface area contributed by atoms with E-state index in [2.05, 4.69) is 4.74 Å². The fraction of sp³-hybridized carbons (Fsp3) is 0.412. The lowest BCUT2D eigenvalue weighted by molar-refractivity contribution is -0.154. The van der Waals surface area contributed by atoms with Crippen molar-refractivity contribution in [2.75, 3.05) is 21.3 Å². The van der Waals surface area contributed by atoms with E-state index < -0.39 is 29.6 Å². The van der Waals surface area contributed by atoms with E-state index >= 15 is 0 Å². The number of aryl methyl sites for hydroxylation is 1. The molecule has 136 valence electrons. The van der Waals surface area contributed by atoms with Crippen LogP contribution in [0.3, 0.4) is 0 Å². The SMILES string of the molecule is COC(=O)[C@H](C[C@H](OC)c1c(O)cc2cc(C)oc(=O)c2c1O)OC. The molecule has 0 bridgehead atoms. The molecule has 0 fully saturated rings. The Hall–Kier alpha value is -2.58. The van der Waals surface area contributed by atoms with Crippen molar-refractivity contribution < 1.29 is 33.6 Å². The molecule has 0 aliphatic carbocycles. The van der Waals surface area contributed by atoms with Gasteiger partial charge in [-0.1, -0.05) is 0 Å². The minimum Gasteiger partial charge on any atom is -0.507 e. The summed E-state index contributed by atoms with van der Waals surface area (Å²) in [4.78, 5) is 23.8. The average molecular weight is 352 g/mol. The second-order valence-electron chi connectivity index (χ2n) is 5.47. The molecule has 2 atom stereocenters. The van der Waals surface area contributed by atoms with Gasteiger partial charge in [-0.05, 0) is 24.4 Å². The zero-order valence-corrected chi connectivity index (χ0v) is 14.4. The Kier molecular flexibility index (Phi) is 5.66. The molecule has 0 spiro atoms. The molecule has 1 aromatic carbocycles. The largest absolute Gasteiger partial charge is 0.507 e. The summed E-state index contributed by atoms with van der Waals surface area (Å²) < 4.78 is 20.0. The fourth-order valence-electron chi connectivity index (χ4n) is 2.73. The van der Waals surface area contributed by atoms with Gasteiger partial charge < -0.3 is 28.8 Å². The molecule has 0 unspecified atom stereocenters. The Labute approximate surface area is 143 Å². The molecular formula is C17H20O8. The highest BCUT2D eigenvalue weighted by atomic mass is 16.6. The molecule has 8 nitrogen and oxygen atoms in total. The molecule has 0 aliphatic rings. The second kappa shape index (κ2) is 7.54. The highest BCUT2D eigenvalue weighted by molar-refractivity contribution is 5.90. The summed E-state index contributed by atoms with van der Waals surface area (Å²) in [6, 6.07) is 2.86. The Morgan fingerprint density at radius 1 is 1.20 bits per heavy atom. The van der Waals surface area contributed by atoms with Crippen molar-refractivity contribution >= 4 is 16.7 Å². The second-order valence-corrected chi connectivity index (χ2v) is 5.47. The van der Waals surface area contributed by atoms with Crippen molar-refractivity contribution in [1.29, 1.82) is 0 Å². The Bertz CT molecular complexity index is 839. The number of phenols is 2. The molecule has 2 N–H and O–H groups in total. The van der Waals surface area contributed by atoms with E-state index in [4.69, 9.17) is 13.9 Å². The summed E-state index contributed by atoms with van der Waals surface area (Å²) in [5.74, 6) is -1.02. The van der Waals surface area contributed by atoms with E-state index in [0.29, 0.717) is 11.1 Å². The maximum atomic E-state index is 12.1. The summed E-state index contributed by atoms with van der Waals surface area (Å²) >= 11 is 0. The van der Waals surface area contributed by atoms with E-state index in [1.165, 1.54) is 33.5 Å². The first-order valence-electron chi connectivity index (χ1n) is 7.46. The number of rotatable bonds is 6. The van der Waals surface area contributed by atoms with Crippen LogP contribution in [0, 0.1) is 6.92 Å². The maximum Gasteiger partial charge on any atom is 0.347 e. The van der Waals surface area contributed by atoms with Crippen LogP contribution in [0.15, 0.2) is 21.3 Å². The molecule has 0 radical (unpaired) electrons. The van der Waals surface area contributed by atoms with Gasteiger partial charge in [-0.3, -0.25) is 0 Å². The summed E-state index contributed by atoms with van der Waals surface area (Å²) in [6.45, 7) is 1.58. The van der Waals surface area contributed by atoms with Gasteiger partial charge in [0, 0.05) is 20.6 Å². The van der Waals surface area contributed by atoms with Gasteiger partial charge in [-0.15, -0.1) is 0 Å². The van der Waals surface area contributed by atoms with Gasteiger partial charge in [0.25, 0.3) is 0 Å². The molecule has 0 amide bonds. The van der Waals surface area contributed by atoms with Crippen molar-refractivity contribution in [3.05, 3.63) is 33.9 Å². The van der Waals surface area contributed by atoms with Gasteiger partial charge in [-0.2, -0.15) is 0 Å². The van der Waals surface area contributed by atoms with Gasteiger partial charge in [-0.25, -0.2) is 9.59 Å². The van der Waals surface area contributed by atoms with E-state index in [9.17, 15) is 19.8 Å². The fourth-order valence-corrected chi connectivity index (χ4v) is 2.73. The van der Waals surface area contributed by atoms with Crippen LogP contribution in [0.2, 0.25) is 0 Å². The van der Waals surface area contributed by atoms with E-state index in [0.717, 1.165) is 0 Å². The molecule has 25 heavy (non-hydrogen) atoms. The lowest BCUT2D eigenvalue weighted by Crippen LogP contribution is -2.27. The molecular weight excluding hydrogens is 332 g/mol. The number of aromatic hydroxyl groups is 2. The number of hydrogen-bond donors (Lipinski definition) is 2. The number of esters is 1. The Morgan fingerprint density at radius 2 is 1.88 bits per heavy atom. The predicted octanol–water partition coefficient (Wildman–Crippen LogP) is 1.78. The van der Waals surface area contributed by atoms with E-state index in [-0.39, 0.29) is 23.1 Å². The van der Waals surface area contributed by atoms with E-state index in [1.807, 2.05) is 0 Å². The number of carbonyl (C=O) groups is 1. The van der Waals surface area contributed by atoms with Crippen LogP contribution >= 0.6 is 0 Å². The van der Waals surface area contributed by atoms with Crippen LogP contribution < -0.4 is 5.63 Å². The summed E-state index contributed by atoms with van der Waals surface area (Å²) in [7, 11) is 3.88. The standard InChI is InChI=1S/C17H20O8/c1-8-5-9-6-10(18)14(15(19)13(9)17(21)25-8)11(22-2)7-12(23-3)16(20)24-4/h5-6,11-12,18-19H,7H2,1-4H3/t11-,12-/m0/s1. The molecule has 0 saturated heterocycles. The zero-order valence-electron chi connectivity index (χ0n) is 14.4. The quantitative estimate of drug-likeness (QED) is 0.756. The third kappa shape index (κ3) is 3.59. The van der Waals surface area contributed by atoms with Crippen LogP contribution in [0.4, 0.5) is 0 Å². The zero-order chi connectivity index (χ0) is 18.7. The number of ether oxygens (including phenoxy) is 3. The van der Waals surface area contributed by atoms with Crippen molar-refractivity contribution in [1.82, 2.24) is 0 Å². The van der Waals surface area contributed by atoms with Gasteiger partial charge in [0.2, 0.25) is 0 Å². The lowest BCUT2D eigenvalue weighted by Gasteiger charge is -2.22. The number of methoxy groups -OCH3 is 3. The molecule has 0 aliphatic heterocycles. The minimum absolute atomic E-state index is 0.0305. The predicted molar refractivity (Wildman–Crippen MR) is 87.7 cm³/mol. The first-order valence-corrected chi connectivity index (χ1v) is 7.46. The van der Waals surface area contributed by atoms with Crippen molar-refractivity contribution in [3.63, 3.8) is 0 Å². The average Bonchev–Trinajstić information content (AvgIpc) is 2.55. The first-order chi connectivity index (χ1) is 11.8. The first kappa shape index (κ1) is 18.8. The monoisotopic (exact) mass is 352 g/mol. The topological polar surface area (TPSA) is 115 Å². The van der Waals surface area contributed by atoms with Crippen LogP contribution in [-0.2, 0) is 19.0 Å². The number of carbonyl (C=O) groups excluding carboxylic acids is 1. The van der Waals surface area contributed by atoms with Crippen molar-refractivity contribution in [2.24, 2.45) is 0 Å². The Balaban J connectivity index is 2.58. The molecule has 1 heterocycles. The molecule has 2 rings (SSSR count). The van der Waals surface area contributed by atoms with Crippen LogP contribution in [-0.4, -0.2) is 43.6 Å². The number of fused-ring (bicyclic) bond motifs is 1. The number of benzene rings is 1. The van der Waals surface area contributed by atoms with Gasteiger partial charge in [0.15, 0.2) is 6.10 Å². The van der Waals surface area contributed by atoms with Gasteiger partial charge >= 0.3 is 11.6 Å². The van der Waals surface area contributed by atoms with Crippen molar-refractivity contribution in [3.8, 4) is 11.5 Å². The Morgan fingerprint density at radius 3 is 2.44 bits per heavy atom. The number of phenolic OH excluding ortho intramolecular Hbond substituents is 2.